The zero-order valence-electron chi connectivity index (χ0n) is 25.6. The van der Waals surface area contributed by atoms with E-state index >= 15 is 0 Å². The third-order valence-electron chi connectivity index (χ3n) is 9.99. The van der Waals surface area contributed by atoms with Crippen molar-refractivity contribution < 1.29 is 14.2 Å². The molecule has 0 saturated heterocycles. The van der Waals surface area contributed by atoms with Gasteiger partial charge < -0.3 is 14.2 Å². The molecule has 47 heavy (non-hydrogen) atoms. The number of hydrogen-bond acceptors (Lipinski definition) is 4. The molecule has 1 spiro atoms. The number of benzene rings is 6. The van der Waals surface area contributed by atoms with Gasteiger partial charge in [-0.1, -0.05) is 97.1 Å². The quantitative estimate of drug-likeness (QED) is 0.196. The Bertz CT molecular complexity index is 2460. The minimum absolute atomic E-state index is 0.756. The van der Waals surface area contributed by atoms with Crippen molar-refractivity contribution in [3.8, 4) is 28.4 Å². The number of thiophene rings is 1. The molecule has 2 atom stereocenters. The second-order valence-electron chi connectivity index (χ2n) is 12.3. The van der Waals surface area contributed by atoms with E-state index in [0.29, 0.717) is 0 Å². The smallest absolute Gasteiger partial charge is 0.187 e. The van der Waals surface area contributed by atoms with Gasteiger partial charge in [0.2, 0.25) is 0 Å². The molecule has 3 heterocycles. The minimum atomic E-state index is -0.837. The second kappa shape index (κ2) is 9.71. The largest absolute Gasteiger partial charge is 0.497 e. The molecule has 1 aromatic heterocycles. The van der Waals surface area contributed by atoms with Gasteiger partial charge in [0.15, 0.2) is 11.2 Å². The molecule has 2 unspecified atom stereocenters. The fourth-order valence-electron chi connectivity index (χ4n) is 7.91. The number of hydrogen-bond donors (Lipinski definition) is 0. The Morgan fingerprint density at radius 1 is 0.638 bits per heavy atom. The second-order valence-corrected chi connectivity index (χ2v) is 13.3. The van der Waals surface area contributed by atoms with Gasteiger partial charge in [-0.05, 0) is 81.2 Å². The summed E-state index contributed by atoms with van der Waals surface area (Å²) in [6.45, 7) is 0. The molecule has 0 bridgehead atoms. The van der Waals surface area contributed by atoms with Crippen LogP contribution in [0.3, 0.4) is 0 Å². The van der Waals surface area contributed by atoms with Crippen molar-refractivity contribution in [1.29, 1.82) is 0 Å². The molecule has 0 fully saturated rings. The average Bonchev–Trinajstić information content (AvgIpc) is 3.78. The Balaban J connectivity index is 1.26. The van der Waals surface area contributed by atoms with Crippen molar-refractivity contribution in [2.24, 2.45) is 0 Å². The van der Waals surface area contributed by atoms with Gasteiger partial charge in [0, 0.05) is 33.2 Å². The first kappa shape index (κ1) is 26.6. The van der Waals surface area contributed by atoms with Gasteiger partial charge in [-0.3, -0.25) is 0 Å². The Morgan fingerprint density at radius 2 is 1.43 bits per heavy atom. The van der Waals surface area contributed by atoms with Gasteiger partial charge >= 0.3 is 0 Å². The van der Waals surface area contributed by atoms with Crippen molar-refractivity contribution in [2.45, 2.75) is 11.2 Å². The Kier molecular flexibility index (Phi) is 5.50. The predicted molar refractivity (Wildman–Crippen MR) is 192 cm³/mol. The highest BCUT2D eigenvalue weighted by molar-refractivity contribution is 7.10. The lowest BCUT2D eigenvalue weighted by atomic mass is 9.81. The van der Waals surface area contributed by atoms with Crippen LogP contribution in [0.4, 0.5) is 0 Å². The summed E-state index contributed by atoms with van der Waals surface area (Å²) >= 11 is 1.72. The third kappa shape index (κ3) is 3.56. The Hall–Kier alpha value is -5.58. The highest BCUT2D eigenvalue weighted by atomic mass is 32.1. The normalized spacial score (nSPS) is 19.9. The van der Waals surface area contributed by atoms with E-state index in [9.17, 15) is 0 Å². The van der Waals surface area contributed by atoms with Crippen LogP contribution in [0.1, 0.15) is 32.7 Å². The maximum absolute atomic E-state index is 7.40. The lowest BCUT2D eigenvalue weighted by molar-refractivity contribution is 0.156. The van der Waals surface area contributed by atoms with Crippen LogP contribution in [0.2, 0.25) is 0 Å². The zero-order chi connectivity index (χ0) is 31.2. The van der Waals surface area contributed by atoms with Gasteiger partial charge in [0.05, 0.1) is 12.0 Å². The van der Waals surface area contributed by atoms with Crippen LogP contribution < -0.4 is 14.2 Å². The topological polar surface area (TPSA) is 27.7 Å². The van der Waals surface area contributed by atoms with Gasteiger partial charge in [0.1, 0.15) is 17.2 Å². The molecule has 3 aliphatic rings. The molecular weight excluding hydrogens is 597 g/mol. The maximum atomic E-state index is 7.40. The Labute approximate surface area is 276 Å². The van der Waals surface area contributed by atoms with E-state index in [1.165, 1.54) is 11.1 Å². The van der Waals surface area contributed by atoms with Crippen LogP contribution in [-0.2, 0) is 11.2 Å². The number of fused-ring (bicyclic) bond motifs is 13. The van der Waals surface area contributed by atoms with Crippen LogP contribution in [-0.4, -0.2) is 7.11 Å². The van der Waals surface area contributed by atoms with Crippen LogP contribution in [0, 0.1) is 0 Å². The zero-order valence-corrected chi connectivity index (χ0v) is 26.4. The van der Waals surface area contributed by atoms with E-state index in [-0.39, 0.29) is 0 Å². The molecule has 3 nitrogen and oxygen atoms in total. The van der Waals surface area contributed by atoms with Gasteiger partial charge in [-0.2, -0.15) is 0 Å². The van der Waals surface area contributed by atoms with E-state index in [0.717, 1.165) is 71.5 Å². The summed E-state index contributed by atoms with van der Waals surface area (Å²) in [5.74, 6) is 2.57. The fraction of sp³-hybridized carbons (Fsp3) is 0.0698. The highest BCUT2D eigenvalue weighted by Gasteiger charge is 2.50. The molecule has 10 rings (SSSR count). The van der Waals surface area contributed by atoms with Crippen molar-refractivity contribution in [3.63, 3.8) is 0 Å². The van der Waals surface area contributed by atoms with Crippen LogP contribution in [0.25, 0.3) is 44.8 Å². The van der Waals surface area contributed by atoms with E-state index in [2.05, 4.69) is 145 Å². The third-order valence-corrected chi connectivity index (χ3v) is 11.0. The summed E-state index contributed by atoms with van der Waals surface area (Å²) in [7, 11) is 1.70. The summed E-state index contributed by atoms with van der Waals surface area (Å²) in [4.78, 5) is 1.14. The summed E-state index contributed by atoms with van der Waals surface area (Å²) < 4.78 is 20.2. The number of rotatable bonds is 3. The number of ether oxygens (including phenoxy) is 3. The number of methoxy groups -OCH3 is 1. The van der Waals surface area contributed by atoms with Crippen molar-refractivity contribution >= 4 is 45.0 Å². The Morgan fingerprint density at radius 3 is 2.28 bits per heavy atom. The van der Waals surface area contributed by atoms with Gasteiger partial charge in [-0.15, -0.1) is 11.3 Å². The standard InChI is InChI=1S/C43H28O3S/c1-44-29-18-19-30-27(26-29)17-20-37-31(30)21-24-43(45-37)36-15-8-7-14-34(36)39-32-12-5-6-13-33(32)41-35(40(39)43)22-23-42(46-41,38-16-9-25-47-38)28-10-3-2-4-11-28/h2-26H,1H3. The molecule has 4 heteroatoms. The van der Waals surface area contributed by atoms with Crippen molar-refractivity contribution in [3.05, 3.63) is 172 Å². The van der Waals surface area contributed by atoms with E-state index in [1.54, 1.807) is 18.4 Å². The molecule has 0 amide bonds. The summed E-state index contributed by atoms with van der Waals surface area (Å²) in [5.41, 5.74) is 6.27. The SMILES string of the molecule is COc1ccc2c3c(ccc2c1)OC1(C=C3)c2ccccc2-c2c1c1c(c3ccccc23)OC(c2ccccc2)(c2cccs2)C=C1. The molecule has 0 saturated carbocycles. The molecule has 224 valence electrons. The first-order valence-electron chi connectivity index (χ1n) is 15.9. The fourth-order valence-corrected chi connectivity index (χ4v) is 8.77. The highest BCUT2D eigenvalue weighted by Crippen LogP contribution is 2.60. The van der Waals surface area contributed by atoms with E-state index in [4.69, 9.17) is 14.2 Å². The first-order valence-corrected chi connectivity index (χ1v) is 16.7. The van der Waals surface area contributed by atoms with Gasteiger partial charge in [-0.25, -0.2) is 0 Å². The molecule has 2 aliphatic heterocycles. The molecular formula is C43H28O3S. The summed E-state index contributed by atoms with van der Waals surface area (Å²) in [6, 6.07) is 42.6. The van der Waals surface area contributed by atoms with Crippen LogP contribution >= 0.6 is 11.3 Å². The van der Waals surface area contributed by atoms with Crippen molar-refractivity contribution in [1.82, 2.24) is 0 Å². The lowest BCUT2D eigenvalue weighted by Gasteiger charge is -2.39. The molecule has 7 aromatic rings. The van der Waals surface area contributed by atoms with E-state index in [1.807, 2.05) is 6.07 Å². The first-order chi connectivity index (χ1) is 23.2. The van der Waals surface area contributed by atoms with Crippen molar-refractivity contribution in [2.75, 3.05) is 7.11 Å². The average molecular weight is 625 g/mol. The van der Waals surface area contributed by atoms with Crippen LogP contribution in [0.5, 0.6) is 17.2 Å². The molecule has 6 aromatic carbocycles. The van der Waals surface area contributed by atoms with E-state index < -0.39 is 11.2 Å². The van der Waals surface area contributed by atoms with Gasteiger partial charge in [0.25, 0.3) is 0 Å². The van der Waals surface area contributed by atoms with Crippen LogP contribution in [0.15, 0.2) is 139 Å². The molecule has 0 N–H and O–H groups in total. The summed E-state index contributed by atoms with van der Waals surface area (Å²) in [5, 5.41) is 6.62. The molecule has 0 radical (unpaired) electrons. The predicted octanol–water partition coefficient (Wildman–Crippen LogP) is 10.7. The maximum Gasteiger partial charge on any atom is 0.187 e. The molecule has 1 aliphatic carbocycles. The summed E-state index contributed by atoms with van der Waals surface area (Å²) in [6.07, 6.45) is 9.02. The minimum Gasteiger partial charge on any atom is -0.497 e. The lowest BCUT2D eigenvalue weighted by Crippen LogP contribution is -2.36. The monoisotopic (exact) mass is 624 g/mol.